The Bertz CT molecular complexity index is 358. The minimum atomic E-state index is -0.542. The van der Waals surface area contributed by atoms with Gasteiger partial charge in [-0.25, -0.2) is 0 Å². The van der Waals surface area contributed by atoms with Gasteiger partial charge in [0.25, 0.3) is 0 Å². The highest BCUT2D eigenvalue weighted by Crippen LogP contribution is 2.00. The maximum absolute atomic E-state index is 11.7. The van der Waals surface area contributed by atoms with Crippen molar-refractivity contribution in [1.29, 1.82) is 0 Å². The molecule has 6 heteroatoms. The van der Waals surface area contributed by atoms with E-state index in [0.717, 1.165) is 5.82 Å². The molecule has 90 valence electrons. The van der Waals surface area contributed by atoms with Crippen LogP contribution in [0, 0.1) is 0 Å². The van der Waals surface area contributed by atoms with E-state index in [1.807, 2.05) is 25.5 Å². The summed E-state index contributed by atoms with van der Waals surface area (Å²) in [5.41, 5.74) is -0.542. The third-order valence-corrected chi connectivity index (χ3v) is 2.63. The summed E-state index contributed by atoms with van der Waals surface area (Å²) >= 11 is 0. The van der Waals surface area contributed by atoms with Crippen molar-refractivity contribution in [3.05, 3.63) is 12.2 Å². The maximum atomic E-state index is 11.7. The topological polar surface area (TPSA) is 71.8 Å². The van der Waals surface area contributed by atoms with Crippen LogP contribution in [-0.4, -0.2) is 39.8 Å². The summed E-state index contributed by atoms with van der Waals surface area (Å²) in [5.74, 6) is 0.847. The molecule has 0 aromatic carbocycles. The van der Waals surface area contributed by atoms with E-state index in [9.17, 15) is 4.79 Å². The van der Waals surface area contributed by atoms with Crippen LogP contribution in [0.3, 0.4) is 0 Å². The summed E-state index contributed by atoms with van der Waals surface area (Å²) in [4.78, 5) is 11.7. The van der Waals surface area contributed by atoms with Gasteiger partial charge >= 0.3 is 0 Å². The van der Waals surface area contributed by atoms with Crippen LogP contribution in [0.2, 0.25) is 0 Å². The Labute approximate surface area is 95.4 Å². The Morgan fingerprint density at radius 1 is 1.56 bits per heavy atom. The minimum Gasteiger partial charge on any atom is -0.354 e. The second-order valence-corrected chi connectivity index (χ2v) is 4.24. The van der Waals surface area contributed by atoms with Gasteiger partial charge in [-0.15, -0.1) is 10.2 Å². The fourth-order valence-electron chi connectivity index (χ4n) is 1.16. The van der Waals surface area contributed by atoms with Gasteiger partial charge in [-0.2, -0.15) is 0 Å². The molecule has 0 aliphatic heterocycles. The summed E-state index contributed by atoms with van der Waals surface area (Å²) in [5, 5.41) is 13.5. The molecule has 1 amide bonds. The zero-order valence-corrected chi connectivity index (χ0v) is 10.2. The molecule has 0 aliphatic carbocycles. The Balaban J connectivity index is 2.37. The molecule has 0 saturated carbocycles. The number of hydrogen-bond donors (Lipinski definition) is 2. The number of amides is 1. The molecular formula is C10H19N5O. The average Bonchev–Trinajstić information content (AvgIpc) is 2.64. The zero-order chi connectivity index (χ0) is 12.2. The first-order valence-corrected chi connectivity index (χ1v) is 5.27. The van der Waals surface area contributed by atoms with Gasteiger partial charge in [0.1, 0.15) is 12.2 Å². The fourth-order valence-corrected chi connectivity index (χ4v) is 1.16. The number of rotatable bonds is 5. The first-order valence-electron chi connectivity index (χ1n) is 5.27. The quantitative estimate of drug-likeness (QED) is 0.707. The predicted octanol–water partition coefficient (Wildman–Crippen LogP) is -0.528. The third-order valence-electron chi connectivity index (χ3n) is 2.63. The van der Waals surface area contributed by atoms with E-state index < -0.39 is 5.54 Å². The molecule has 0 bridgehead atoms. The lowest BCUT2D eigenvalue weighted by molar-refractivity contribution is -0.126. The molecule has 6 nitrogen and oxygen atoms in total. The van der Waals surface area contributed by atoms with Crippen molar-refractivity contribution < 1.29 is 4.79 Å². The highest BCUT2D eigenvalue weighted by molar-refractivity contribution is 5.85. The largest absolute Gasteiger partial charge is 0.354 e. The number of aryl methyl sites for hydroxylation is 1. The number of nitrogens with one attached hydrogen (secondary N) is 2. The monoisotopic (exact) mass is 225 g/mol. The van der Waals surface area contributed by atoms with Crippen molar-refractivity contribution in [2.24, 2.45) is 7.05 Å². The molecule has 1 aromatic rings. The number of likely N-dealkylation sites (N-methyl/N-ethyl adjacent to an activating group) is 1. The molecule has 16 heavy (non-hydrogen) atoms. The average molecular weight is 225 g/mol. The lowest BCUT2D eigenvalue weighted by Crippen LogP contribution is -2.51. The second kappa shape index (κ2) is 5.07. The van der Waals surface area contributed by atoms with Crippen LogP contribution in [0.4, 0.5) is 0 Å². The highest BCUT2D eigenvalue weighted by Gasteiger charge is 2.24. The van der Waals surface area contributed by atoms with Gasteiger partial charge < -0.3 is 15.2 Å². The van der Waals surface area contributed by atoms with Crippen LogP contribution in [-0.2, 0) is 18.3 Å². The fraction of sp³-hybridized carbons (Fsp3) is 0.700. The minimum absolute atomic E-state index is 0.0165. The van der Waals surface area contributed by atoms with E-state index >= 15 is 0 Å². The Morgan fingerprint density at radius 2 is 2.25 bits per heavy atom. The van der Waals surface area contributed by atoms with Crippen LogP contribution in [0.25, 0.3) is 0 Å². The molecule has 1 rings (SSSR count). The molecule has 0 aliphatic rings. The molecule has 0 atom stereocenters. The highest BCUT2D eigenvalue weighted by atomic mass is 16.2. The van der Waals surface area contributed by atoms with Crippen LogP contribution < -0.4 is 10.6 Å². The lowest BCUT2D eigenvalue weighted by Gasteiger charge is -2.22. The normalized spacial score (nSPS) is 11.5. The van der Waals surface area contributed by atoms with Gasteiger partial charge in [0.2, 0.25) is 5.91 Å². The van der Waals surface area contributed by atoms with Crippen LogP contribution >= 0.6 is 0 Å². The van der Waals surface area contributed by atoms with Gasteiger partial charge in [-0.3, -0.25) is 4.79 Å². The number of carbonyl (C=O) groups is 1. The summed E-state index contributed by atoms with van der Waals surface area (Å²) in [6, 6.07) is 0. The molecule has 1 aromatic heterocycles. The number of aromatic nitrogens is 3. The van der Waals surface area contributed by atoms with Crippen LogP contribution in [0.1, 0.15) is 19.7 Å². The SMILES string of the molecule is CNC(C)(C)C(=O)NCCc1nncn1C. The van der Waals surface area contributed by atoms with E-state index in [0.29, 0.717) is 13.0 Å². The molecule has 0 unspecified atom stereocenters. The summed E-state index contributed by atoms with van der Waals surface area (Å²) in [6.07, 6.45) is 2.33. The van der Waals surface area contributed by atoms with Gasteiger partial charge in [0.15, 0.2) is 0 Å². The molecule has 0 spiro atoms. The molecule has 0 saturated heterocycles. The zero-order valence-electron chi connectivity index (χ0n) is 10.2. The lowest BCUT2D eigenvalue weighted by atomic mass is 10.1. The van der Waals surface area contributed by atoms with Crippen molar-refractivity contribution in [3.8, 4) is 0 Å². The first-order chi connectivity index (χ1) is 7.47. The Morgan fingerprint density at radius 3 is 2.75 bits per heavy atom. The van der Waals surface area contributed by atoms with Gasteiger partial charge in [0, 0.05) is 20.0 Å². The standard InChI is InChI=1S/C10H19N5O/c1-10(2,11-3)9(16)12-6-5-8-14-13-7-15(8)4/h7,11H,5-6H2,1-4H3,(H,12,16). The van der Waals surface area contributed by atoms with E-state index in [1.54, 1.807) is 13.4 Å². The van der Waals surface area contributed by atoms with E-state index in [-0.39, 0.29) is 5.91 Å². The van der Waals surface area contributed by atoms with Gasteiger partial charge in [0.05, 0.1) is 5.54 Å². The van der Waals surface area contributed by atoms with E-state index in [1.165, 1.54) is 0 Å². The number of hydrogen-bond acceptors (Lipinski definition) is 4. The number of nitrogens with zero attached hydrogens (tertiary/aromatic N) is 3. The van der Waals surface area contributed by atoms with Crippen molar-refractivity contribution in [2.45, 2.75) is 25.8 Å². The Kier molecular flexibility index (Phi) is 4.00. The maximum Gasteiger partial charge on any atom is 0.239 e. The van der Waals surface area contributed by atoms with E-state index in [4.69, 9.17) is 0 Å². The van der Waals surface area contributed by atoms with Crippen molar-refractivity contribution in [3.63, 3.8) is 0 Å². The van der Waals surface area contributed by atoms with E-state index in [2.05, 4.69) is 20.8 Å². The third kappa shape index (κ3) is 3.03. The molecule has 0 radical (unpaired) electrons. The van der Waals surface area contributed by atoms with Gasteiger partial charge in [-0.1, -0.05) is 0 Å². The van der Waals surface area contributed by atoms with Gasteiger partial charge in [-0.05, 0) is 20.9 Å². The predicted molar refractivity (Wildman–Crippen MR) is 60.9 cm³/mol. The summed E-state index contributed by atoms with van der Waals surface area (Å²) < 4.78 is 1.84. The smallest absolute Gasteiger partial charge is 0.239 e. The summed E-state index contributed by atoms with van der Waals surface area (Å²) in [6.45, 7) is 4.24. The Hall–Kier alpha value is -1.43. The van der Waals surface area contributed by atoms with Crippen molar-refractivity contribution in [1.82, 2.24) is 25.4 Å². The molecule has 2 N–H and O–H groups in total. The van der Waals surface area contributed by atoms with Crippen LogP contribution in [0.15, 0.2) is 6.33 Å². The molecular weight excluding hydrogens is 206 g/mol. The first kappa shape index (κ1) is 12.6. The van der Waals surface area contributed by atoms with Crippen molar-refractivity contribution >= 4 is 5.91 Å². The summed E-state index contributed by atoms with van der Waals surface area (Å²) in [7, 11) is 3.65. The number of carbonyl (C=O) groups excluding carboxylic acids is 1. The van der Waals surface area contributed by atoms with Crippen molar-refractivity contribution in [2.75, 3.05) is 13.6 Å². The second-order valence-electron chi connectivity index (χ2n) is 4.24. The molecule has 0 fully saturated rings. The van der Waals surface area contributed by atoms with Crippen LogP contribution in [0.5, 0.6) is 0 Å². The molecule has 1 heterocycles.